The zero-order valence-corrected chi connectivity index (χ0v) is 11.8. The monoisotopic (exact) mass is 251 g/mol. The molecular weight excluding hydrogens is 226 g/mol. The number of aromatic nitrogens is 1. The third-order valence-electron chi connectivity index (χ3n) is 2.47. The molecule has 0 bridgehead atoms. The first-order valence-electron chi connectivity index (χ1n) is 6.86. The Kier molecular flexibility index (Phi) is 7.18. The van der Waals surface area contributed by atoms with Gasteiger partial charge in [-0.15, -0.1) is 0 Å². The van der Waals surface area contributed by atoms with Crippen molar-refractivity contribution in [2.75, 3.05) is 37.7 Å². The molecule has 1 saturated heterocycles. The lowest BCUT2D eigenvalue weighted by Crippen LogP contribution is -2.43. The average Bonchev–Trinajstić information content (AvgIpc) is 2.41. The van der Waals surface area contributed by atoms with Crippen LogP contribution < -0.4 is 15.0 Å². The van der Waals surface area contributed by atoms with Crippen LogP contribution in [0.3, 0.4) is 0 Å². The van der Waals surface area contributed by atoms with E-state index in [0.717, 1.165) is 37.7 Å². The minimum absolute atomic E-state index is 0.699. The second-order valence-electron chi connectivity index (χ2n) is 4.23. The molecule has 1 aromatic heterocycles. The van der Waals surface area contributed by atoms with Gasteiger partial charge in [0.15, 0.2) is 0 Å². The van der Waals surface area contributed by atoms with Gasteiger partial charge in [0.25, 0.3) is 0 Å². The molecule has 1 N–H and O–H groups in total. The van der Waals surface area contributed by atoms with E-state index in [1.165, 1.54) is 6.42 Å². The van der Waals surface area contributed by atoms with Gasteiger partial charge in [0.05, 0.1) is 6.61 Å². The standard InChI is InChI=1S/C11H17N3O.C3H8/c1-2-15-10-3-4-13-11(9-10)14-7-5-12-6-8-14;1-3-2/h3-4,9,12H,2,5-8H2,1H3;3H2,1-2H3. The Hall–Kier alpha value is -1.29. The number of pyridine rings is 1. The van der Waals surface area contributed by atoms with E-state index in [9.17, 15) is 0 Å². The maximum absolute atomic E-state index is 5.46. The third kappa shape index (κ3) is 4.92. The van der Waals surface area contributed by atoms with Gasteiger partial charge in [0.1, 0.15) is 11.6 Å². The summed E-state index contributed by atoms with van der Waals surface area (Å²) in [5, 5.41) is 3.32. The SMILES string of the molecule is CCC.CCOc1ccnc(N2CCNCC2)c1. The summed E-state index contributed by atoms with van der Waals surface area (Å²) in [6, 6.07) is 3.91. The fraction of sp³-hybridized carbons (Fsp3) is 0.643. The zero-order chi connectivity index (χ0) is 13.2. The van der Waals surface area contributed by atoms with Crippen molar-refractivity contribution in [3.8, 4) is 5.75 Å². The van der Waals surface area contributed by atoms with Gasteiger partial charge in [0, 0.05) is 38.4 Å². The van der Waals surface area contributed by atoms with Crippen molar-refractivity contribution >= 4 is 5.82 Å². The summed E-state index contributed by atoms with van der Waals surface area (Å²) in [5.74, 6) is 1.92. The van der Waals surface area contributed by atoms with Crippen molar-refractivity contribution < 1.29 is 4.74 Å². The summed E-state index contributed by atoms with van der Waals surface area (Å²) in [6.07, 6.45) is 3.06. The Morgan fingerprint density at radius 2 is 1.94 bits per heavy atom. The Bertz CT molecular complexity index is 325. The van der Waals surface area contributed by atoms with Crippen LogP contribution in [0.25, 0.3) is 0 Å². The maximum Gasteiger partial charge on any atom is 0.132 e. The van der Waals surface area contributed by atoms with Crippen LogP contribution in [0, 0.1) is 0 Å². The molecule has 2 heterocycles. The van der Waals surface area contributed by atoms with Crippen molar-refractivity contribution in [2.24, 2.45) is 0 Å². The minimum Gasteiger partial charge on any atom is -0.494 e. The van der Waals surface area contributed by atoms with E-state index in [1.807, 2.05) is 25.3 Å². The van der Waals surface area contributed by atoms with Gasteiger partial charge in [-0.05, 0) is 13.0 Å². The van der Waals surface area contributed by atoms with Crippen molar-refractivity contribution in [1.29, 1.82) is 0 Å². The molecule has 4 nitrogen and oxygen atoms in total. The Labute approximate surface area is 110 Å². The van der Waals surface area contributed by atoms with E-state index >= 15 is 0 Å². The highest BCUT2D eigenvalue weighted by Crippen LogP contribution is 2.18. The smallest absolute Gasteiger partial charge is 0.132 e. The lowest BCUT2D eigenvalue weighted by molar-refractivity contribution is 0.340. The molecule has 1 aromatic rings. The van der Waals surface area contributed by atoms with Crippen LogP contribution in [-0.4, -0.2) is 37.8 Å². The van der Waals surface area contributed by atoms with Gasteiger partial charge in [-0.1, -0.05) is 20.3 Å². The molecule has 0 unspecified atom stereocenters. The van der Waals surface area contributed by atoms with Crippen molar-refractivity contribution in [2.45, 2.75) is 27.2 Å². The highest BCUT2D eigenvalue weighted by Gasteiger charge is 2.11. The predicted molar refractivity (Wildman–Crippen MR) is 76.5 cm³/mol. The molecule has 4 heteroatoms. The summed E-state index contributed by atoms with van der Waals surface area (Å²) in [6.45, 7) is 11.0. The summed E-state index contributed by atoms with van der Waals surface area (Å²) in [5.41, 5.74) is 0. The van der Waals surface area contributed by atoms with E-state index in [1.54, 1.807) is 0 Å². The second kappa shape index (κ2) is 8.75. The van der Waals surface area contributed by atoms with E-state index in [2.05, 4.69) is 29.0 Å². The first kappa shape index (κ1) is 14.8. The number of ether oxygens (including phenoxy) is 1. The number of nitrogens with one attached hydrogen (secondary N) is 1. The highest BCUT2D eigenvalue weighted by molar-refractivity contribution is 5.43. The first-order valence-corrected chi connectivity index (χ1v) is 6.86. The molecule has 0 radical (unpaired) electrons. The van der Waals surface area contributed by atoms with Gasteiger partial charge in [-0.3, -0.25) is 0 Å². The molecular formula is C14H25N3O. The quantitative estimate of drug-likeness (QED) is 0.894. The normalized spacial score (nSPS) is 14.7. The molecule has 0 spiro atoms. The highest BCUT2D eigenvalue weighted by atomic mass is 16.5. The lowest BCUT2D eigenvalue weighted by Gasteiger charge is -2.28. The van der Waals surface area contributed by atoms with Crippen molar-refractivity contribution in [3.63, 3.8) is 0 Å². The van der Waals surface area contributed by atoms with Crippen LogP contribution in [0.15, 0.2) is 18.3 Å². The molecule has 0 saturated carbocycles. The van der Waals surface area contributed by atoms with Gasteiger partial charge in [-0.2, -0.15) is 0 Å². The number of hydrogen-bond acceptors (Lipinski definition) is 4. The number of nitrogens with zero attached hydrogens (tertiary/aromatic N) is 2. The first-order chi connectivity index (χ1) is 8.81. The van der Waals surface area contributed by atoms with Crippen LogP contribution in [-0.2, 0) is 0 Å². The van der Waals surface area contributed by atoms with E-state index in [-0.39, 0.29) is 0 Å². The van der Waals surface area contributed by atoms with Crippen LogP contribution in [0.1, 0.15) is 27.2 Å². The molecule has 18 heavy (non-hydrogen) atoms. The summed E-state index contributed by atoms with van der Waals surface area (Å²) in [4.78, 5) is 6.64. The molecule has 0 aliphatic carbocycles. The fourth-order valence-electron chi connectivity index (χ4n) is 1.72. The number of rotatable bonds is 3. The lowest BCUT2D eigenvalue weighted by atomic mass is 10.3. The van der Waals surface area contributed by atoms with Gasteiger partial charge in [-0.25, -0.2) is 4.98 Å². The Morgan fingerprint density at radius 1 is 1.28 bits per heavy atom. The molecule has 1 aliphatic rings. The van der Waals surface area contributed by atoms with Gasteiger partial charge in [0.2, 0.25) is 0 Å². The van der Waals surface area contributed by atoms with E-state index < -0.39 is 0 Å². The predicted octanol–water partition coefficient (Wildman–Crippen LogP) is 2.31. The number of hydrogen-bond donors (Lipinski definition) is 1. The van der Waals surface area contributed by atoms with Crippen LogP contribution >= 0.6 is 0 Å². The Morgan fingerprint density at radius 3 is 2.56 bits per heavy atom. The van der Waals surface area contributed by atoms with Gasteiger partial charge >= 0.3 is 0 Å². The number of piperazine rings is 1. The van der Waals surface area contributed by atoms with E-state index in [0.29, 0.717) is 6.61 Å². The number of anilines is 1. The third-order valence-corrected chi connectivity index (χ3v) is 2.47. The molecule has 1 fully saturated rings. The fourth-order valence-corrected chi connectivity index (χ4v) is 1.72. The molecule has 2 rings (SSSR count). The molecule has 0 amide bonds. The molecule has 102 valence electrons. The Balaban J connectivity index is 0.000000492. The van der Waals surface area contributed by atoms with Crippen LogP contribution in [0.4, 0.5) is 5.82 Å². The average molecular weight is 251 g/mol. The largest absolute Gasteiger partial charge is 0.494 e. The van der Waals surface area contributed by atoms with Crippen molar-refractivity contribution in [1.82, 2.24) is 10.3 Å². The van der Waals surface area contributed by atoms with E-state index in [4.69, 9.17) is 4.74 Å². The summed E-state index contributed by atoms with van der Waals surface area (Å²) < 4.78 is 5.46. The zero-order valence-electron chi connectivity index (χ0n) is 11.8. The summed E-state index contributed by atoms with van der Waals surface area (Å²) in [7, 11) is 0. The molecule has 0 atom stereocenters. The molecule has 0 aromatic carbocycles. The summed E-state index contributed by atoms with van der Waals surface area (Å²) >= 11 is 0. The minimum atomic E-state index is 0.699. The second-order valence-corrected chi connectivity index (χ2v) is 4.23. The molecule has 1 aliphatic heterocycles. The van der Waals surface area contributed by atoms with Gasteiger partial charge < -0.3 is 15.0 Å². The van der Waals surface area contributed by atoms with Crippen molar-refractivity contribution in [3.05, 3.63) is 18.3 Å². The topological polar surface area (TPSA) is 37.4 Å². The van der Waals surface area contributed by atoms with Crippen LogP contribution in [0.2, 0.25) is 0 Å². The van der Waals surface area contributed by atoms with Crippen LogP contribution in [0.5, 0.6) is 5.75 Å². The maximum atomic E-state index is 5.46.